The van der Waals surface area contributed by atoms with Crippen LogP contribution in [0.15, 0.2) is 34.2 Å². The Kier molecular flexibility index (Phi) is 6.97. The molecule has 6 nitrogen and oxygen atoms in total. The summed E-state index contributed by atoms with van der Waals surface area (Å²) in [5.41, 5.74) is 1.57. The number of amides is 1. The third-order valence-corrected chi connectivity index (χ3v) is 6.73. The number of fused-ring (bicyclic) bond motifs is 1. The number of carbonyl (C=O) groups excluding carboxylic acids is 1. The van der Waals surface area contributed by atoms with Gasteiger partial charge in [-0.3, -0.25) is 9.59 Å². The van der Waals surface area contributed by atoms with Crippen molar-refractivity contribution < 1.29 is 9.53 Å². The van der Waals surface area contributed by atoms with Crippen LogP contribution in [-0.2, 0) is 11.2 Å². The zero-order valence-corrected chi connectivity index (χ0v) is 18.6. The van der Waals surface area contributed by atoms with E-state index in [0.717, 1.165) is 28.1 Å². The quantitative estimate of drug-likeness (QED) is 0.402. The molecule has 1 amide bonds. The Morgan fingerprint density at radius 3 is 2.86 bits per heavy atom. The predicted molar refractivity (Wildman–Crippen MR) is 120 cm³/mol. The molecule has 0 bridgehead atoms. The number of thioether (sulfide) groups is 1. The molecule has 0 fully saturated rings. The van der Waals surface area contributed by atoms with Gasteiger partial charge in [-0.05, 0) is 37.0 Å². The van der Waals surface area contributed by atoms with Gasteiger partial charge >= 0.3 is 0 Å². The van der Waals surface area contributed by atoms with E-state index in [-0.39, 0.29) is 17.2 Å². The van der Waals surface area contributed by atoms with E-state index in [1.165, 1.54) is 23.1 Å². The molecule has 3 aromatic rings. The molecule has 0 spiro atoms. The molecule has 1 aromatic carbocycles. The van der Waals surface area contributed by atoms with Gasteiger partial charge < -0.3 is 15.0 Å². The number of benzene rings is 1. The highest BCUT2D eigenvalue weighted by Crippen LogP contribution is 2.30. The molecule has 1 unspecified atom stereocenters. The standard InChI is InChI=1S/C21H25N3O3S2/c1-5-12(2)10-14-13(3)29-20-18(14)19(26)23-21(24-20)28-11-17(25)22-15-8-6-7-9-16(15)27-4/h6-9,12H,5,10-11H2,1-4H3,(H,22,25)(H,23,24,26). The molecule has 2 N–H and O–H groups in total. The second-order valence-electron chi connectivity index (χ2n) is 6.94. The predicted octanol–water partition coefficient (Wildman–Crippen LogP) is 4.62. The van der Waals surface area contributed by atoms with E-state index in [4.69, 9.17) is 4.74 Å². The highest BCUT2D eigenvalue weighted by molar-refractivity contribution is 7.99. The van der Waals surface area contributed by atoms with Gasteiger partial charge in [0.1, 0.15) is 10.6 Å². The van der Waals surface area contributed by atoms with E-state index in [1.807, 2.05) is 19.1 Å². The number of para-hydroxylation sites is 2. The minimum atomic E-state index is -0.193. The molecule has 0 aliphatic heterocycles. The van der Waals surface area contributed by atoms with E-state index in [9.17, 15) is 9.59 Å². The molecule has 0 saturated carbocycles. The molecule has 29 heavy (non-hydrogen) atoms. The summed E-state index contributed by atoms with van der Waals surface area (Å²) >= 11 is 2.75. The molecule has 2 heterocycles. The third-order valence-electron chi connectivity index (χ3n) is 4.81. The number of aryl methyl sites for hydroxylation is 1. The van der Waals surface area contributed by atoms with Crippen LogP contribution in [0.2, 0.25) is 0 Å². The van der Waals surface area contributed by atoms with Gasteiger partial charge in [0.2, 0.25) is 5.91 Å². The smallest absolute Gasteiger partial charge is 0.260 e. The van der Waals surface area contributed by atoms with Crippen LogP contribution in [0.3, 0.4) is 0 Å². The first kappa shape index (κ1) is 21.4. The fraction of sp³-hybridized carbons (Fsp3) is 0.381. The average Bonchev–Trinajstić information content (AvgIpc) is 3.02. The monoisotopic (exact) mass is 431 g/mol. The van der Waals surface area contributed by atoms with Crippen molar-refractivity contribution in [1.82, 2.24) is 9.97 Å². The fourth-order valence-electron chi connectivity index (χ4n) is 3.03. The molecule has 1 atom stereocenters. The number of rotatable bonds is 8. The maximum atomic E-state index is 12.7. The Bertz CT molecular complexity index is 1070. The maximum Gasteiger partial charge on any atom is 0.260 e. The van der Waals surface area contributed by atoms with Crippen molar-refractivity contribution in [2.75, 3.05) is 18.2 Å². The molecule has 8 heteroatoms. The average molecular weight is 432 g/mol. The van der Waals surface area contributed by atoms with Crippen LogP contribution < -0.4 is 15.6 Å². The van der Waals surface area contributed by atoms with Crippen molar-refractivity contribution >= 4 is 44.9 Å². The van der Waals surface area contributed by atoms with Gasteiger partial charge in [0, 0.05) is 4.88 Å². The Balaban J connectivity index is 1.74. The first-order chi connectivity index (χ1) is 13.9. The molecule has 3 rings (SSSR count). The number of thiophene rings is 1. The first-order valence-electron chi connectivity index (χ1n) is 9.50. The van der Waals surface area contributed by atoms with Crippen LogP contribution >= 0.6 is 23.1 Å². The number of anilines is 1. The van der Waals surface area contributed by atoms with Crippen molar-refractivity contribution in [2.45, 2.75) is 38.8 Å². The highest BCUT2D eigenvalue weighted by Gasteiger charge is 2.17. The van der Waals surface area contributed by atoms with Crippen molar-refractivity contribution in [3.63, 3.8) is 0 Å². The molecule has 0 saturated heterocycles. The van der Waals surface area contributed by atoms with Crippen molar-refractivity contribution in [1.29, 1.82) is 0 Å². The zero-order valence-electron chi connectivity index (χ0n) is 17.0. The van der Waals surface area contributed by atoms with E-state index in [0.29, 0.717) is 27.9 Å². The van der Waals surface area contributed by atoms with Gasteiger partial charge in [-0.15, -0.1) is 11.3 Å². The van der Waals surface area contributed by atoms with Crippen molar-refractivity contribution in [3.8, 4) is 5.75 Å². The summed E-state index contributed by atoms with van der Waals surface area (Å²) in [5, 5.41) is 3.97. The van der Waals surface area contributed by atoms with Gasteiger partial charge in [-0.25, -0.2) is 4.98 Å². The summed E-state index contributed by atoms with van der Waals surface area (Å²) in [7, 11) is 1.56. The highest BCUT2D eigenvalue weighted by atomic mass is 32.2. The van der Waals surface area contributed by atoms with E-state index < -0.39 is 0 Å². The van der Waals surface area contributed by atoms with Gasteiger partial charge in [0.15, 0.2) is 5.16 Å². The van der Waals surface area contributed by atoms with Crippen molar-refractivity contribution in [3.05, 3.63) is 45.1 Å². The second-order valence-corrected chi connectivity index (χ2v) is 9.11. The SMILES string of the molecule is CCC(C)Cc1c(C)sc2nc(SCC(=O)Nc3ccccc3OC)[nH]c(=O)c12. The Morgan fingerprint density at radius 2 is 2.14 bits per heavy atom. The lowest BCUT2D eigenvalue weighted by molar-refractivity contribution is -0.113. The van der Waals surface area contributed by atoms with Gasteiger partial charge in [-0.2, -0.15) is 0 Å². The van der Waals surface area contributed by atoms with Crippen LogP contribution in [0.25, 0.3) is 10.2 Å². The first-order valence-corrected chi connectivity index (χ1v) is 11.3. The third kappa shape index (κ3) is 5.00. The van der Waals surface area contributed by atoms with Crippen LogP contribution in [0.4, 0.5) is 5.69 Å². The molecule has 0 aliphatic carbocycles. The van der Waals surface area contributed by atoms with Crippen molar-refractivity contribution in [2.24, 2.45) is 5.92 Å². The lowest BCUT2D eigenvalue weighted by atomic mass is 9.98. The lowest BCUT2D eigenvalue weighted by Gasteiger charge is -2.09. The molecular formula is C21H25N3O3S2. The van der Waals surface area contributed by atoms with E-state index in [2.05, 4.69) is 29.1 Å². The fourth-order valence-corrected chi connectivity index (χ4v) is 4.80. The number of aromatic amines is 1. The summed E-state index contributed by atoms with van der Waals surface area (Å²) < 4.78 is 5.24. The van der Waals surface area contributed by atoms with Gasteiger partial charge in [0.05, 0.1) is 23.9 Å². The summed E-state index contributed by atoms with van der Waals surface area (Å²) in [6.45, 7) is 6.38. The maximum absolute atomic E-state index is 12.7. The topological polar surface area (TPSA) is 84.1 Å². The largest absolute Gasteiger partial charge is 0.495 e. The van der Waals surface area contributed by atoms with Crippen LogP contribution in [0, 0.1) is 12.8 Å². The summed E-state index contributed by atoms with van der Waals surface area (Å²) in [4.78, 5) is 34.3. The minimum absolute atomic E-state index is 0.134. The molecule has 2 aromatic heterocycles. The van der Waals surface area contributed by atoms with E-state index in [1.54, 1.807) is 19.2 Å². The number of methoxy groups -OCH3 is 1. The molecule has 0 radical (unpaired) electrons. The zero-order chi connectivity index (χ0) is 21.0. The normalized spacial score (nSPS) is 12.1. The Morgan fingerprint density at radius 1 is 1.38 bits per heavy atom. The Hall–Kier alpha value is -2.32. The number of ether oxygens (including phenoxy) is 1. The molecule has 0 aliphatic rings. The van der Waals surface area contributed by atoms with Crippen LogP contribution in [-0.4, -0.2) is 28.7 Å². The number of nitrogens with one attached hydrogen (secondary N) is 2. The molecule has 154 valence electrons. The Labute approximate surface area is 178 Å². The molecular weight excluding hydrogens is 406 g/mol. The summed E-state index contributed by atoms with van der Waals surface area (Å²) in [6, 6.07) is 7.23. The second kappa shape index (κ2) is 9.45. The number of carbonyl (C=O) groups is 1. The van der Waals surface area contributed by atoms with Gasteiger partial charge in [-0.1, -0.05) is 44.2 Å². The lowest BCUT2D eigenvalue weighted by Crippen LogP contribution is -2.16. The summed E-state index contributed by atoms with van der Waals surface area (Å²) in [5.74, 6) is 1.05. The number of hydrogen-bond acceptors (Lipinski definition) is 6. The number of H-pyrrole nitrogens is 1. The number of nitrogens with zero attached hydrogens (tertiary/aromatic N) is 1. The van der Waals surface area contributed by atoms with E-state index >= 15 is 0 Å². The van der Waals surface area contributed by atoms with Gasteiger partial charge in [0.25, 0.3) is 5.56 Å². The minimum Gasteiger partial charge on any atom is -0.495 e. The van der Waals surface area contributed by atoms with Crippen LogP contribution in [0.5, 0.6) is 5.75 Å². The number of hydrogen-bond donors (Lipinski definition) is 2. The summed E-state index contributed by atoms with van der Waals surface area (Å²) in [6.07, 6.45) is 1.94. The number of aromatic nitrogens is 2. The van der Waals surface area contributed by atoms with Crippen LogP contribution in [0.1, 0.15) is 30.7 Å².